The Hall–Kier alpha value is -1.47. The minimum atomic E-state index is -0.491. The van der Waals surface area contributed by atoms with Gasteiger partial charge in [0, 0.05) is 5.38 Å². The van der Waals surface area contributed by atoms with Gasteiger partial charge in [0.2, 0.25) is 5.91 Å². The number of carbonyl (C=O) groups excluding carboxylic acids is 2. The fraction of sp³-hybridized carbons (Fsp3) is 0.583. The van der Waals surface area contributed by atoms with Crippen LogP contribution in [0.15, 0.2) is 5.38 Å². The molecule has 1 unspecified atom stereocenters. The molecule has 7 heteroatoms. The minimum absolute atomic E-state index is 0.199. The van der Waals surface area contributed by atoms with Crippen molar-refractivity contribution in [1.29, 1.82) is 0 Å². The van der Waals surface area contributed by atoms with Crippen molar-refractivity contribution in [3.8, 4) is 0 Å². The zero-order valence-corrected chi connectivity index (χ0v) is 12.0. The summed E-state index contributed by atoms with van der Waals surface area (Å²) < 4.78 is 4.83. The first-order valence-corrected chi connectivity index (χ1v) is 7.11. The molecule has 0 saturated carbocycles. The molecule has 1 aromatic rings. The molecule has 1 heterocycles. The molecule has 3 N–H and O–H groups in total. The molecule has 1 aromatic heterocycles. The number of nitrogens with one attached hydrogen (secondary N) is 1. The highest BCUT2D eigenvalue weighted by molar-refractivity contribution is 7.09. The molecule has 6 nitrogen and oxygen atoms in total. The summed E-state index contributed by atoms with van der Waals surface area (Å²) in [6.45, 7) is 4.30. The Kier molecular flexibility index (Phi) is 6.44. The van der Waals surface area contributed by atoms with E-state index in [0.717, 1.165) is 6.42 Å². The van der Waals surface area contributed by atoms with Gasteiger partial charge in [-0.3, -0.25) is 4.79 Å². The van der Waals surface area contributed by atoms with Crippen molar-refractivity contribution in [3.63, 3.8) is 0 Å². The maximum absolute atomic E-state index is 11.6. The highest BCUT2D eigenvalue weighted by atomic mass is 32.1. The molecule has 1 atom stereocenters. The molecule has 0 aliphatic heterocycles. The summed E-state index contributed by atoms with van der Waals surface area (Å²) in [6, 6.07) is -0.491. The van der Waals surface area contributed by atoms with E-state index in [2.05, 4.69) is 10.3 Å². The lowest BCUT2D eigenvalue weighted by molar-refractivity contribution is -0.122. The Bertz CT molecular complexity index is 434. The highest BCUT2D eigenvalue weighted by Gasteiger charge is 2.14. The zero-order valence-electron chi connectivity index (χ0n) is 11.1. The number of aromatic nitrogens is 1. The molecule has 0 radical (unpaired) electrons. The highest BCUT2D eigenvalue weighted by Crippen LogP contribution is 2.10. The summed E-state index contributed by atoms with van der Waals surface area (Å²) in [6.07, 6.45) is 1.51. The number of nitrogens with two attached hydrogens (primary N) is 1. The Morgan fingerprint density at radius 2 is 2.26 bits per heavy atom. The summed E-state index contributed by atoms with van der Waals surface area (Å²) in [5.41, 5.74) is 5.95. The van der Waals surface area contributed by atoms with Crippen molar-refractivity contribution < 1.29 is 14.3 Å². The van der Waals surface area contributed by atoms with Crippen molar-refractivity contribution >= 4 is 23.2 Å². The largest absolute Gasteiger partial charge is 0.461 e. The molecular weight excluding hydrogens is 266 g/mol. The summed E-state index contributed by atoms with van der Waals surface area (Å²) in [4.78, 5) is 27.1. The molecule has 19 heavy (non-hydrogen) atoms. The predicted octanol–water partition coefficient (Wildman–Crippen LogP) is 1.06. The van der Waals surface area contributed by atoms with E-state index in [1.807, 2.05) is 6.92 Å². The smallest absolute Gasteiger partial charge is 0.357 e. The first-order valence-electron chi connectivity index (χ1n) is 6.23. The van der Waals surface area contributed by atoms with Crippen molar-refractivity contribution in [2.24, 2.45) is 5.73 Å². The summed E-state index contributed by atoms with van der Waals surface area (Å²) in [7, 11) is 0. The first-order chi connectivity index (χ1) is 9.08. The van der Waals surface area contributed by atoms with E-state index in [1.165, 1.54) is 11.3 Å². The van der Waals surface area contributed by atoms with Crippen LogP contribution in [-0.4, -0.2) is 29.5 Å². The van der Waals surface area contributed by atoms with Crippen LogP contribution in [0.2, 0.25) is 0 Å². The van der Waals surface area contributed by atoms with Gasteiger partial charge >= 0.3 is 5.97 Å². The van der Waals surface area contributed by atoms with Gasteiger partial charge in [-0.1, -0.05) is 13.3 Å². The number of nitrogens with zero attached hydrogens (tertiary/aromatic N) is 1. The van der Waals surface area contributed by atoms with Gasteiger partial charge < -0.3 is 15.8 Å². The third-order valence-electron chi connectivity index (χ3n) is 2.39. The minimum Gasteiger partial charge on any atom is -0.461 e. The molecule has 0 saturated heterocycles. The fourth-order valence-corrected chi connectivity index (χ4v) is 2.13. The van der Waals surface area contributed by atoms with Gasteiger partial charge in [-0.15, -0.1) is 11.3 Å². The van der Waals surface area contributed by atoms with E-state index >= 15 is 0 Å². The Balaban J connectivity index is 2.46. The number of ether oxygens (including phenoxy) is 1. The van der Waals surface area contributed by atoms with E-state index in [4.69, 9.17) is 10.5 Å². The van der Waals surface area contributed by atoms with Crippen LogP contribution in [0, 0.1) is 0 Å². The van der Waals surface area contributed by atoms with Crippen LogP contribution >= 0.6 is 11.3 Å². The van der Waals surface area contributed by atoms with E-state index in [-0.39, 0.29) is 18.1 Å². The maximum atomic E-state index is 11.6. The quantitative estimate of drug-likeness (QED) is 0.731. The van der Waals surface area contributed by atoms with Gasteiger partial charge in [0.25, 0.3) is 0 Å². The van der Waals surface area contributed by atoms with Crippen LogP contribution in [0.4, 0.5) is 0 Å². The summed E-state index contributed by atoms with van der Waals surface area (Å²) in [5.74, 6) is -0.645. The standard InChI is InChI=1S/C12H19N3O3S/c1-3-5-8(13)11(16)14-6-10-15-9(7-19-10)12(17)18-4-2/h7-8H,3-6,13H2,1-2H3,(H,14,16). The van der Waals surface area contributed by atoms with Gasteiger partial charge in [-0.25, -0.2) is 9.78 Å². The fourth-order valence-electron chi connectivity index (χ4n) is 1.43. The molecule has 0 aromatic carbocycles. The molecule has 0 fully saturated rings. The van der Waals surface area contributed by atoms with Gasteiger partial charge in [0.15, 0.2) is 5.69 Å². The first kappa shape index (κ1) is 15.6. The number of hydrogen-bond donors (Lipinski definition) is 2. The topological polar surface area (TPSA) is 94.3 Å². The van der Waals surface area contributed by atoms with Crippen LogP contribution in [0.25, 0.3) is 0 Å². The molecule has 0 bridgehead atoms. The Morgan fingerprint density at radius 1 is 1.53 bits per heavy atom. The second-order valence-corrected chi connectivity index (χ2v) is 4.90. The number of rotatable bonds is 7. The third-order valence-corrected chi connectivity index (χ3v) is 3.24. The molecule has 0 aliphatic carbocycles. The number of amides is 1. The van der Waals surface area contributed by atoms with Gasteiger partial charge in [-0.05, 0) is 13.3 Å². The Labute approximate surface area is 116 Å². The van der Waals surface area contributed by atoms with E-state index < -0.39 is 12.0 Å². The van der Waals surface area contributed by atoms with Crippen molar-refractivity contribution in [2.75, 3.05) is 6.61 Å². The average Bonchev–Trinajstić information content (AvgIpc) is 2.85. The molecule has 106 valence electrons. The lowest BCUT2D eigenvalue weighted by Gasteiger charge is -2.09. The lowest BCUT2D eigenvalue weighted by Crippen LogP contribution is -2.40. The third kappa shape index (κ3) is 4.96. The van der Waals surface area contributed by atoms with E-state index in [0.29, 0.717) is 18.0 Å². The molecule has 0 aliphatic rings. The average molecular weight is 285 g/mol. The molecule has 1 amide bonds. The number of hydrogen-bond acceptors (Lipinski definition) is 6. The maximum Gasteiger partial charge on any atom is 0.357 e. The summed E-state index contributed by atoms with van der Waals surface area (Å²) >= 11 is 1.30. The van der Waals surface area contributed by atoms with Crippen molar-refractivity contribution in [1.82, 2.24) is 10.3 Å². The van der Waals surface area contributed by atoms with E-state index in [9.17, 15) is 9.59 Å². The predicted molar refractivity (Wildman–Crippen MR) is 72.8 cm³/mol. The number of esters is 1. The zero-order chi connectivity index (χ0) is 14.3. The SMILES string of the molecule is CCCC(N)C(=O)NCc1nc(C(=O)OCC)cs1. The second-order valence-electron chi connectivity index (χ2n) is 3.96. The molecular formula is C12H19N3O3S. The van der Waals surface area contributed by atoms with Gasteiger partial charge in [0.1, 0.15) is 5.01 Å². The van der Waals surface area contributed by atoms with Gasteiger partial charge in [-0.2, -0.15) is 0 Å². The monoisotopic (exact) mass is 285 g/mol. The molecule has 1 rings (SSSR count). The van der Waals surface area contributed by atoms with Crippen LogP contribution in [0.1, 0.15) is 42.2 Å². The number of thiazole rings is 1. The van der Waals surface area contributed by atoms with Crippen LogP contribution in [-0.2, 0) is 16.1 Å². The number of carbonyl (C=O) groups is 2. The lowest BCUT2D eigenvalue weighted by atomic mass is 10.2. The second kappa shape index (κ2) is 7.85. The molecule has 0 spiro atoms. The van der Waals surface area contributed by atoms with Crippen molar-refractivity contribution in [3.05, 3.63) is 16.1 Å². The Morgan fingerprint density at radius 3 is 2.89 bits per heavy atom. The van der Waals surface area contributed by atoms with Crippen LogP contribution in [0.5, 0.6) is 0 Å². The normalized spacial score (nSPS) is 11.9. The van der Waals surface area contributed by atoms with Gasteiger partial charge in [0.05, 0.1) is 19.2 Å². The van der Waals surface area contributed by atoms with E-state index in [1.54, 1.807) is 12.3 Å². The van der Waals surface area contributed by atoms with Crippen molar-refractivity contribution in [2.45, 2.75) is 39.3 Å². The summed E-state index contributed by atoms with van der Waals surface area (Å²) in [5, 5.41) is 4.97. The van der Waals surface area contributed by atoms with Crippen LogP contribution in [0.3, 0.4) is 0 Å². The van der Waals surface area contributed by atoms with Crippen LogP contribution < -0.4 is 11.1 Å².